The molecule has 0 atom stereocenters. The van der Waals surface area contributed by atoms with Crippen LogP contribution in [0.4, 0.5) is 10.1 Å². The number of amides is 1. The zero-order chi connectivity index (χ0) is 20.5. The van der Waals surface area contributed by atoms with E-state index < -0.39 is 11.7 Å². The van der Waals surface area contributed by atoms with Gasteiger partial charge < -0.3 is 9.73 Å². The number of nitriles is 1. The second-order valence-electron chi connectivity index (χ2n) is 6.79. The molecule has 4 aromatic rings. The van der Waals surface area contributed by atoms with Gasteiger partial charge in [0.05, 0.1) is 17.2 Å². The molecule has 1 heterocycles. The Hall–Kier alpha value is -3.98. The summed E-state index contributed by atoms with van der Waals surface area (Å²) in [6.45, 7) is 3.96. The monoisotopic (exact) mass is 385 g/mol. The van der Waals surface area contributed by atoms with E-state index in [0.29, 0.717) is 17.1 Å². The van der Waals surface area contributed by atoms with Gasteiger partial charge >= 0.3 is 0 Å². The van der Waals surface area contributed by atoms with Crippen molar-refractivity contribution in [1.82, 2.24) is 4.98 Å². The Labute approximate surface area is 166 Å². The lowest BCUT2D eigenvalue weighted by Crippen LogP contribution is -2.13. The highest BCUT2D eigenvalue weighted by Gasteiger charge is 2.15. The van der Waals surface area contributed by atoms with Crippen molar-refractivity contribution in [2.24, 2.45) is 0 Å². The molecule has 1 amide bonds. The summed E-state index contributed by atoms with van der Waals surface area (Å²) in [4.78, 5) is 17.0. The van der Waals surface area contributed by atoms with Crippen molar-refractivity contribution in [1.29, 1.82) is 5.26 Å². The van der Waals surface area contributed by atoms with Gasteiger partial charge in [-0.2, -0.15) is 5.26 Å². The number of rotatable bonds is 3. The van der Waals surface area contributed by atoms with Crippen LogP contribution in [-0.2, 0) is 0 Å². The molecule has 0 aliphatic carbocycles. The van der Waals surface area contributed by atoms with E-state index in [9.17, 15) is 9.18 Å². The number of nitrogens with zero attached hydrogens (tertiary/aromatic N) is 2. The van der Waals surface area contributed by atoms with Crippen molar-refractivity contribution < 1.29 is 13.6 Å². The van der Waals surface area contributed by atoms with Crippen molar-refractivity contribution in [3.05, 3.63) is 82.7 Å². The fourth-order valence-electron chi connectivity index (χ4n) is 3.20. The highest BCUT2D eigenvalue weighted by atomic mass is 19.1. The predicted molar refractivity (Wildman–Crippen MR) is 108 cm³/mol. The third-order valence-corrected chi connectivity index (χ3v) is 4.53. The minimum atomic E-state index is -0.748. The molecule has 0 saturated carbocycles. The fraction of sp³-hybridized carbons (Fsp3) is 0.0870. The summed E-state index contributed by atoms with van der Waals surface area (Å²) in [6, 6.07) is 16.5. The van der Waals surface area contributed by atoms with Gasteiger partial charge in [0.2, 0.25) is 5.89 Å². The lowest BCUT2D eigenvalue weighted by atomic mass is 10.1. The smallest absolute Gasteiger partial charge is 0.258 e. The van der Waals surface area contributed by atoms with Crippen LogP contribution in [0.2, 0.25) is 0 Å². The minimum absolute atomic E-state index is 0.137. The molecule has 0 unspecified atom stereocenters. The van der Waals surface area contributed by atoms with Gasteiger partial charge in [0.1, 0.15) is 11.3 Å². The number of aromatic nitrogens is 1. The van der Waals surface area contributed by atoms with Crippen molar-refractivity contribution in [3.8, 4) is 17.5 Å². The first-order valence-electron chi connectivity index (χ1n) is 8.94. The van der Waals surface area contributed by atoms with Crippen molar-refractivity contribution in [3.63, 3.8) is 0 Å². The molecule has 4 rings (SSSR count). The average molecular weight is 385 g/mol. The summed E-state index contributed by atoms with van der Waals surface area (Å²) in [5.74, 6) is -0.912. The highest BCUT2D eigenvalue weighted by Crippen LogP contribution is 2.29. The second kappa shape index (κ2) is 7.21. The number of hydrogen-bond donors (Lipinski definition) is 1. The van der Waals surface area contributed by atoms with E-state index >= 15 is 0 Å². The Morgan fingerprint density at radius 2 is 1.97 bits per heavy atom. The summed E-state index contributed by atoms with van der Waals surface area (Å²) < 4.78 is 20.0. The van der Waals surface area contributed by atoms with Crippen LogP contribution in [-0.4, -0.2) is 10.9 Å². The van der Waals surface area contributed by atoms with Crippen LogP contribution in [0, 0.1) is 31.0 Å². The largest absolute Gasteiger partial charge is 0.436 e. The van der Waals surface area contributed by atoms with Gasteiger partial charge in [0.25, 0.3) is 5.91 Å². The van der Waals surface area contributed by atoms with Crippen LogP contribution >= 0.6 is 0 Å². The van der Waals surface area contributed by atoms with Gasteiger partial charge in [0.15, 0.2) is 5.58 Å². The Kier molecular flexibility index (Phi) is 4.57. The highest BCUT2D eigenvalue weighted by molar-refractivity contribution is 6.04. The first-order valence-corrected chi connectivity index (χ1v) is 8.94. The van der Waals surface area contributed by atoms with E-state index in [4.69, 9.17) is 9.68 Å². The predicted octanol–water partition coefficient (Wildman–Crippen LogP) is 5.37. The van der Waals surface area contributed by atoms with Crippen LogP contribution in [0.5, 0.6) is 0 Å². The summed E-state index contributed by atoms with van der Waals surface area (Å²) in [7, 11) is 0. The number of aryl methyl sites for hydroxylation is 2. The Morgan fingerprint density at radius 3 is 2.72 bits per heavy atom. The molecular weight excluding hydrogens is 369 g/mol. The van der Waals surface area contributed by atoms with E-state index in [2.05, 4.69) is 10.3 Å². The summed E-state index contributed by atoms with van der Waals surface area (Å²) >= 11 is 0. The van der Waals surface area contributed by atoms with Crippen LogP contribution in [0.15, 0.2) is 59.0 Å². The molecule has 142 valence electrons. The molecule has 0 radical (unpaired) electrons. The number of anilines is 1. The molecule has 3 aromatic carbocycles. The molecule has 0 fully saturated rings. The van der Waals surface area contributed by atoms with Crippen LogP contribution in [0.25, 0.3) is 22.6 Å². The van der Waals surface area contributed by atoms with E-state index in [1.807, 2.05) is 38.1 Å². The van der Waals surface area contributed by atoms with E-state index in [0.717, 1.165) is 28.3 Å². The molecule has 6 heteroatoms. The fourth-order valence-corrected chi connectivity index (χ4v) is 3.20. The van der Waals surface area contributed by atoms with E-state index in [1.54, 1.807) is 18.2 Å². The molecule has 1 aromatic heterocycles. The molecule has 29 heavy (non-hydrogen) atoms. The number of oxazole rings is 1. The average Bonchev–Trinajstić information content (AvgIpc) is 3.12. The van der Waals surface area contributed by atoms with Crippen LogP contribution in [0.1, 0.15) is 27.0 Å². The maximum Gasteiger partial charge on any atom is 0.258 e. The normalized spacial score (nSPS) is 10.7. The minimum Gasteiger partial charge on any atom is -0.436 e. The molecule has 0 aliphatic rings. The molecule has 0 spiro atoms. The summed E-state index contributed by atoms with van der Waals surface area (Å²) in [5.41, 5.74) is 4.78. The number of carbonyl (C=O) groups excluding carboxylic acids is 1. The van der Waals surface area contributed by atoms with E-state index in [-0.39, 0.29) is 11.1 Å². The van der Waals surface area contributed by atoms with Gasteiger partial charge in [-0.05, 0) is 67.4 Å². The lowest BCUT2D eigenvalue weighted by molar-refractivity contribution is 0.102. The molecule has 0 saturated heterocycles. The SMILES string of the molecule is Cc1cc(C)c2oc(-c3cccc(NC(=O)c4ccc(C#N)cc4F)c3)nc2c1. The lowest BCUT2D eigenvalue weighted by Gasteiger charge is -2.07. The summed E-state index contributed by atoms with van der Waals surface area (Å²) in [6.07, 6.45) is 0. The maximum atomic E-state index is 14.1. The van der Waals surface area contributed by atoms with Gasteiger partial charge in [0, 0.05) is 11.3 Å². The third-order valence-electron chi connectivity index (χ3n) is 4.53. The number of benzene rings is 3. The number of fused-ring (bicyclic) bond motifs is 1. The number of hydrogen-bond acceptors (Lipinski definition) is 4. The van der Waals surface area contributed by atoms with Crippen LogP contribution < -0.4 is 5.32 Å². The van der Waals surface area contributed by atoms with Gasteiger partial charge in [-0.1, -0.05) is 12.1 Å². The van der Waals surface area contributed by atoms with Gasteiger partial charge in [-0.15, -0.1) is 0 Å². The first kappa shape index (κ1) is 18.4. The first-order chi connectivity index (χ1) is 13.9. The Bertz CT molecular complexity index is 1300. The van der Waals surface area contributed by atoms with Crippen molar-refractivity contribution in [2.75, 3.05) is 5.32 Å². The van der Waals surface area contributed by atoms with Gasteiger partial charge in [-0.3, -0.25) is 4.79 Å². The molecule has 1 N–H and O–H groups in total. The maximum absolute atomic E-state index is 14.1. The molecular formula is C23H16FN3O2. The third kappa shape index (κ3) is 3.58. The summed E-state index contributed by atoms with van der Waals surface area (Å²) in [5, 5.41) is 11.5. The van der Waals surface area contributed by atoms with Gasteiger partial charge in [-0.25, -0.2) is 9.37 Å². The molecule has 0 bridgehead atoms. The topological polar surface area (TPSA) is 78.9 Å². The Balaban J connectivity index is 1.63. The van der Waals surface area contributed by atoms with Crippen molar-refractivity contribution >= 4 is 22.7 Å². The number of carbonyl (C=O) groups is 1. The number of nitrogens with one attached hydrogen (secondary N) is 1. The standard InChI is InChI=1S/C23H16FN3O2/c1-13-8-14(2)21-20(9-13)27-23(29-21)16-4-3-5-17(11-16)26-22(28)18-7-6-15(12-25)10-19(18)24/h3-11H,1-2H3,(H,26,28). The van der Waals surface area contributed by atoms with Crippen molar-refractivity contribution in [2.45, 2.75) is 13.8 Å². The van der Waals surface area contributed by atoms with Crippen LogP contribution in [0.3, 0.4) is 0 Å². The zero-order valence-corrected chi connectivity index (χ0v) is 15.8. The van der Waals surface area contributed by atoms with E-state index in [1.165, 1.54) is 12.1 Å². The quantitative estimate of drug-likeness (QED) is 0.514. The zero-order valence-electron chi connectivity index (χ0n) is 15.8. The Morgan fingerprint density at radius 1 is 1.14 bits per heavy atom. The second-order valence-corrected chi connectivity index (χ2v) is 6.79. The molecule has 5 nitrogen and oxygen atoms in total. The molecule has 0 aliphatic heterocycles. The number of halogens is 1.